The van der Waals surface area contributed by atoms with E-state index in [-0.39, 0.29) is 12.2 Å². The fourth-order valence-corrected chi connectivity index (χ4v) is 0.946. The zero-order chi connectivity index (χ0) is 16.4. The molecule has 1 rings (SSSR count). The molecule has 0 bridgehead atoms. The van der Waals surface area contributed by atoms with Crippen molar-refractivity contribution >= 4 is 12.4 Å². The van der Waals surface area contributed by atoms with E-state index in [2.05, 4.69) is 10.1 Å². The van der Waals surface area contributed by atoms with Crippen LogP contribution in [0.3, 0.4) is 0 Å². The van der Waals surface area contributed by atoms with Crippen LogP contribution in [0.4, 0.5) is 0 Å². The van der Waals surface area contributed by atoms with Gasteiger partial charge in [0.05, 0.1) is 0 Å². The van der Waals surface area contributed by atoms with Crippen LogP contribution in [-0.4, -0.2) is 48.0 Å². The van der Waals surface area contributed by atoms with Crippen LogP contribution in [0.15, 0.2) is 0 Å². The van der Waals surface area contributed by atoms with Crippen molar-refractivity contribution in [2.24, 2.45) is 0 Å². The molecule has 0 aromatic heterocycles. The van der Waals surface area contributed by atoms with Gasteiger partial charge in [-0.05, 0) is 53.6 Å². The summed E-state index contributed by atoms with van der Waals surface area (Å²) in [5, 5.41) is 18.3. The summed E-state index contributed by atoms with van der Waals surface area (Å²) in [6.45, 7) is 11.4. The quantitative estimate of drug-likeness (QED) is 0.638. The summed E-state index contributed by atoms with van der Waals surface area (Å²) in [7, 11) is 0. The number of hydrogen-bond donors (Lipinski definition) is 3. The average Bonchev–Trinajstić information content (AvgIpc) is 2.30. The van der Waals surface area contributed by atoms with Crippen LogP contribution in [0.5, 0.6) is 0 Å². The molecular weight excluding hydrogens is 262 g/mol. The van der Waals surface area contributed by atoms with Crippen LogP contribution in [0.1, 0.15) is 53.9 Å². The molecule has 0 aromatic rings. The van der Waals surface area contributed by atoms with Gasteiger partial charge in [0.15, 0.2) is 0 Å². The molecule has 0 spiro atoms. The molecule has 0 radical (unpaired) electrons. The van der Waals surface area contributed by atoms with Crippen molar-refractivity contribution in [2.45, 2.75) is 59.5 Å². The maximum atomic E-state index is 9.60. The Labute approximate surface area is 122 Å². The number of aliphatic hydroxyl groups is 1. The normalized spacial score (nSPS) is 13.1. The number of carbonyl (C=O) groups is 2. The number of rotatable bonds is 1. The second-order valence-electron chi connectivity index (χ2n) is 4.97. The molecule has 3 N–H and O–H groups in total. The summed E-state index contributed by atoms with van der Waals surface area (Å²) in [5.41, 5.74) is -0.318. The molecule has 1 saturated heterocycles. The Morgan fingerprint density at radius 1 is 1.25 bits per heavy atom. The molecule has 122 valence electrons. The largest absolute Gasteiger partial charge is 0.481 e. The average molecular weight is 293 g/mol. The van der Waals surface area contributed by atoms with Gasteiger partial charge in [-0.1, -0.05) is 6.42 Å². The summed E-state index contributed by atoms with van der Waals surface area (Å²) in [5.74, 6) is -0.833. The SMILES string of the molecule is C1CCNCC1.CC(=O)O.CC(C)(C)OC=O.CCO. The van der Waals surface area contributed by atoms with Gasteiger partial charge in [-0.2, -0.15) is 0 Å². The molecule has 1 aliphatic rings. The van der Waals surface area contributed by atoms with Gasteiger partial charge in [0.25, 0.3) is 12.4 Å². The van der Waals surface area contributed by atoms with Gasteiger partial charge >= 0.3 is 0 Å². The minimum atomic E-state index is -0.833. The number of ether oxygens (including phenoxy) is 1. The van der Waals surface area contributed by atoms with Gasteiger partial charge in [-0.3, -0.25) is 9.59 Å². The third kappa shape index (κ3) is 54.0. The summed E-state index contributed by atoms with van der Waals surface area (Å²) < 4.78 is 4.55. The fourth-order valence-electron chi connectivity index (χ4n) is 0.946. The minimum absolute atomic E-state index is 0.250. The van der Waals surface area contributed by atoms with E-state index in [4.69, 9.17) is 15.0 Å². The van der Waals surface area contributed by atoms with Crippen molar-refractivity contribution in [3.63, 3.8) is 0 Å². The van der Waals surface area contributed by atoms with Gasteiger partial charge < -0.3 is 20.3 Å². The van der Waals surface area contributed by atoms with Gasteiger partial charge in [0.2, 0.25) is 0 Å². The van der Waals surface area contributed by atoms with E-state index < -0.39 is 5.97 Å². The number of carbonyl (C=O) groups excluding carboxylic acids is 1. The first kappa shape index (κ1) is 23.9. The lowest BCUT2D eigenvalue weighted by Gasteiger charge is -2.14. The summed E-state index contributed by atoms with van der Waals surface area (Å²) >= 11 is 0. The molecule has 1 aliphatic heterocycles. The Kier molecular flexibility index (Phi) is 21.4. The van der Waals surface area contributed by atoms with Crippen molar-refractivity contribution < 1.29 is 24.5 Å². The standard InChI is InChI=1S/C5H11N.C5H10O2.C2H4O2.C2H6O/c1-2-4-6-5-3-1;1-5(2,3)7-4-6;1-2(3)4;1-2-3/h6H,1-5H2;4H,1-3H3;1H3,(H,3,4);3H,2H2,1H3. The molecule has 0 aromatic carbocycles. The van der Waals surface area contributed by atoms with Crippen LogP contribution >= 0.6 is 0 Å². The molecule has 0 amide bonds. The number of aliphatic hydroxyl groups excluding tert-OH is 1. The fraction of sp³-hybridized carbons (Fsp3) is 0.857. The monoisotopic (exact) mass is 293 g/mol. The Morgan fingerprint density at radius 2 is 1.60 bits per heavy atom. The Morgan fingerprint density at radius 3 is 1.65 bits per heavy atom. The zero-order valence-corrected chi connectivity index (χ0v) is 13.4. The Hall–Kier alpha value is -1.14. The predicted molar refractivity (Wildman–Crippen MR) is 79.7 cm³/mol. The summed E-state index contributed by atoms with van der Waals surface area (Å²) in [4.78, 5) is 18.6. The van der Waals surface area contributed by atoms with E-state index in [0.29, 0.717) is 6.47 Å². The maximum absolute atomic E-state index is 9.60. The molecule has 1 fully saturated rings. The zero-order valence-electron chi connectivity index (χ0n) is 13.4. The van der Waals surface area contributed by atoms with Gasteiger partial charge in [-0.15, -0.1) is 0 Å². The van der Waals surface area contributed by atoms with Crippen LogP contribution in [0, 0.1) is 0 Å². The maximum Gasteiger partial charge on any atom is 0.300 e. The van der Waals surface area contributed by atoms with Crippen molar-refractivity contribution in [1.29, 1.82) is 0 Å². The van der Waals surface area contributed by atoms with Crippen LogP contribution in [-0.2, 0) is 14.3 Å². The highest BCUT2D eigenvalue weighted by Gasteiger charge is 2.07. The number of nitrogens with one attached hydrogen (secondary N) is 1. The van der Waals surface area contributed by atoms with E-state index in [1.54, 1.807) is 6.92 Å². The first-order valence-electron chi connectivity index (χ1n) is 6.83. The number of carboxylic acids is 1. The third-order valence-corrected chi connectivity index (χ3v) is 1.61. The molecule has 20 heavy (non-hydrogen) atoms. The lowest BCUT2D eigenvalue weighted by atomic mass is 10.2. The second-order valence-corrected chi connectivity index (χ2v) is 4.97. The molecule has 0 aliphatic carbocycles. The van der Waals surface area contributed by atoms with E-state index in [9.17, 15) is 4.79 Å². The molecule has 0 saturated carbocycles. The highest BCUT2D eigenvalue weighted by molar-refractivity contribution is 5.62. The van der Waals surface area contributed by atoms with Crippen molar-refractivity contribution in [3.05, 3.63) is 0 Å². The first-order valence-corrected chi connectivity index (χ1v) is 6.83. The second kappa shape index (κ2) is 17.9. The lowest BCUT2D eigenvalue weighted by Crippen LogP contribution is -2.21. The van der Waals surface area contributed by atoms with Crippen LogP contribution in [0.2, 0.25) is 0 Å². The molecule has 1 heterocycles. The molecule has 0 unspecified atom stereocenters. The first-order chi connectivity index (χ1) is 9.21. The van der Waals surface area contributed by atoms with E-state index in [1.165, 1.54) is 32.4 Å². The molecule has 6 nitrogen and oxygen atoms in total. The topological polar surface area (TPSA) is 95.9 Å². The highest BCUT2D eigenvalue weighted by atomic mass is 16.5. The third-order valence-electron chi connectivity index (χ3n) is 1.61. The number of piperidine rings is 1. The van der Waals surface area contributed by atoms with Crippen molar-refractivity contribution in [3.8, 4) is 0 Å². The summed E-state index contributed by atoms with van der Waals surface area (Å²) in [6, 6.07) is 0. The van der Waals surface area contributed by atoms with E-state index in [1.807, 2.05) is 20.8 Å². The molecule has 6 heteroatoms. The van der Waals surface area contributed by atoms with Crippen molar-refractivity contribution in [2.75, 3.05) is 19.7 Å². The van der Waals surface area contributed by atoms with Gasteiger partial charge in [0.1, 0.15) is 5.60 Å². The van der Waals surface area contributed by atoms with E-state index in [0.717, 1.165) is 6.92 Å². The molecule has 0 atom stereocenters. The molecular formula is C14H31NO5. The number of hydrogen-bond acceptors (Lipinski definition) is 5. The van der Waals surface area contributed by atoms with Crippen LogP contribution in [0.25, 0.3) is 0 Å². The van der Waals surface area contributed by atoms with Crippen molar-refractivity contribution in [1.82, 2.24) is 5.32 Å². The van der Waals surface area contributed by atoms with Gasteiger partial charge in [-0.25, -0.2) is 0 Å². The van der Waals surface area contributed by atoms with Crippen LogP contribution < -0.4 is 5.32 Å². The predicted octanol–water partition coefficient (Wildman–Crippen LogP) is 1.81. The Balaban J connectivity index is -0.000000203. The number of carboxylic acid groups (broad SMARTS) is 1. The van der Waals surface area contributed by atoms with E-state index >= 15 is 0 Å². The highest BCUT2D eigenvalue weighted by Crippen LogP contribution is 2.02. The summed E-state index contributed by atoms with van der Waals surface area (Å²) in [6.07, 6.45) is 4.22. The smallest absolute Gasteiger partial charge is 0.300 e. The minimum Gasteiger partial charge on any atom is -0.481 e. The number of aliphatic carboxylic acids is 1. The Bertz CT molecular complexity index is 195. The van der Waals surface area contributed by atoms with Gasteiger partial charge in [0, 0.05) is 13.5 Å². The lowest BCUT2D eigenvalue weighted by molar-refractivity contribution is -0.138.